The van der Waals surface area contributed by atoms with Gasteiger partial charge in [-0.05, 0) is 19.3 Å². The van der Waals surface area contributed by atoms with E-state index in [-0.39, 0.29) is 6.61 Å². The molecule has 0 radical (unpaired) electrons. The minimum absolute atomic E-state index is 0.102. The van der Waals surface area contributed by atoms with Gasteiger partial charge in [-0.25, -0.2) is 0 Å². The van der Waals surface area contributed by atoms with Gasteiger partial charge < -0.3 is 20.2 Å². The molecule has 0 aromatic carbocycles. The fraction of sp³-hybridized carbons (Fsp3) is 0.800. The van der Waals surface area contributed by atoms with Crippen LogP contribution in [0.2, 0.25) is 0 Å². The van der Waals surface area contributed by atoms with Gasteiger partial charge in [0.1, 0.15) is 0 Å². The highest BCUT2D eigenvalue weighted by Gasteiger charge is 2.28. The second-order valence-corrected chi connectivity index (χ2v) is 4.02. The summed E-state index contributed by atoms with van der Waals surface area (Å²) < 4.78 is 5.51. The van der Waals surface area contributed by atoms with Crippen molar-refractivity contribution in [1.29, 1.82) is 0 Å². The zero-order valence-corrected chi connectivity index (χ0v) is 9.30. The molecule has 0 unspecified atom stereocenters. The van der Waals surface area contributed by atoms with E-state index in [0.29, 0.717) is 37.5 Å². The minimum Gasteiger partial charge on any atom is -0.408 e. The normalized spacial score (nSPS) is 16.1. The van der Waals surface area contributed by atoms with Crippen molar-refractivity contribution < 1.29 is 9.52 Å². The molecule has 0 spiro atoms. The molecule has 2 rings (SSSR count). The van der Waals surface area contributed by atoms with Gasteiger partial charge >= 0.3 is 6.01 Å². The highest BCUT2D eigenvalue weighted by molar-refractivity contribution is 5.27. The molecule has 6 heteroatoms. The van der Waals surface area contributed by atoms with Crippen LogP contribution >= 0.6 is 0 Å². The van der Waals surface area contributed by atoms with Gasteiger partial charge in [0.05, 0.1) is 6.61 Å². The van der Waals surface area contributed by atoms with E-state index in [4.69, 9.17) is 15.3 Å². The molecular weight excluding hydrogens is 208 g/mol. The maximum atomic E-state index is 9.03. The SMILES string of the molecule is NCCc1nnc(N(CCO)C2CCC2)o1. The average molecular weight is 226 g/mol. The molecule has 1 aromatic heterocycles. The smallest absolute Gasteiger partial charge is 0.318 e. The van der Waals surface area contributed by atoms with Gasteiger partial charge in [0.2, 0.25) is 5.89 Å². The number of aliphatic hydroxyl groups excluding tert-OH is 1. The number of anilines is 1. The molecule has 16 heavy (non-hydrogen) atoms. The van der Waals surface area contributed by atoms with Crippen LogP contribution in [0.5, 0.6) is 0 Å². The van der Waals surface area contributed by atoms with E-state index in [1.807, 2.05) is 4.90 Å². The van der Waals surface area contributed by atoms with Crippen molar-refractivity contribution >= 4 is 6.01 Å². The second kappa shape index (κ2) is 5.27. The molecule has 1 aromatic rings. The van der Waals surface area contributed by atoms with E-state index in [1.54, 1.807) is 0 Å². The Morgan fingerprint density at radius 2 is 2.25 bits per heavy atom. The lowest BCUT2D eigenvalue weighted by atomic mass is 9.92. The number of hydrogen-bond donors (Lipinski definition) is 2. The molecule has 3 N–H and O–H groups in total. The van der Waals surface area contributed by atoms with Crippen LogP contribution in [-0.2, 0) is 6.42 Å². The zero-order valence-electron chi connectivity index (χ0n) is 9.30. The van der Waals surface area contributed by atoms with Crippen molar-refractivity contribution in [3.05, 3.63) is 5.89 Å². The molecule has 6 nitrogen and oxygen atoms in total. The monoisotopic (exact) mass is 226 g/mol. The predicted molar refractivity (Wildman–Crippen MR) is 59.1 cm³/mol. The van der Waals surface area contributed by atoms with E-state index < -0.39 is 0 Å². The Bertz CT molecular complexity index is 324. The van der Waals surface area contributed by atoms with Gasteiger partial charge in [-0.1, -0.05) is 5.10 Å². The molecule has 0 atom stereocenters. The lowest BCUT2D eigenvalue weighted by Crippen LogP contribution is -2.42. The number of aliphatic hydroxyl groups is 1. The van der Waals surface area contributed by atoms with Crippen LogP contribution in [0, 0.1) is 0 Å². The maximum Gasteiger partial charge on any atom is 0.318 e. The first-order valence-electron chi connectivity index (χ1n) is 5.75. The van der Waals surface area contributed by atoms with Gasteiger partial charge in [0.25, 0.3) is 0 Å². The molecule has 0 bridgehead atoms. The number of hydrogen-bond acceptors (Lipinski definition) is 6. The molecule has 0 saturated heterocycles. The summed E-state index contributed by atoms with van der Waals surface area (Å²) in [5, 5.41) is 17.0. The average Bonchev–Trinajstić information content (AvgIpc) is 2.63. The summed E-state index contributed by atoms with van der Waals surface area (Å²) in [4.78, 5) is 2.00. The summed E-state index contributed by atoms with van der Waals surface area (Å²) in [6, 6.07) is 0.959. The van der Waals surface area contributed by atoms with Gasteiger partial charge in [-0.15, -0.1) is 5.10 Å². The molecule has 0 amide bonds. The van der Waals surface area contributed by atoms with Crippen molar-refractivity contribution in [3.63, 3.8) is 0 Å². The molecule has 0 aliphatic heterocycles. The van der Waals surface area contributed by atoms with Gasteiger partial charge in [-0.2, -0.15) is 0 Å². The summed E-state index contributed by atoms with van der Waals surface area (Å²) in [6.07, 6.45) is 4.10. The van der Waals surface area contributed by atoms with E-state index in [0.717, 1.165) is 12.8 Å². The Morgan fingerprint density at radius 1 is 1.44 bits per heavy atom. The van der Waals surface area contributed by atoms with Crippen LogP contribution in [0.3, 0.4) is 0 Å². The van der Waals surface area contributed by atoms with E-state index in [9.17, 15) is 0 Å². The fourth-order valence-corrected chi connectivity index (χ4v) is 1.83. The molecule has 1 aliphatic carbocycles. The van der Waals surface area contributed by atoms with Crippen LogP contribution in [-0.4, -0.2) is 41.0 Å². The van der Waals surface area contributed by atoms with Crippen molar-refractivity contribution in [2.24, 2.45) is 5.73 Å². The zero-order chi connectivity index (χ0) is 11.4. The molecule has 1 fully saturated rings. The minimum atomic E-state index is 0.102. The fourth-order valence-electron chi connectivity index (χ4n) is 1.83. The van der Waals surface area contributed by atoms with Crippen molar-refractivity contribution in [1.82, 2.24) is 10.2 Å². The van der Waals surface area contributed by atoms with Crippen molar-refractivity contribution in [3.8, 4) is 0 Å². The third kappa shape index (κ3) is 2.33. The second-order valence-electron chi connectivity index (χ2n) is 4.02. The third-order valence-corrected chi connectivity index (χ3v) is 2.92. The Labute approximate surface area is 94.4 Å². The Hall–Kier alpha value is -1.14. The van der Waals surface area contributed by atoms with Crippen LogP contribution in [0.25, 0.3) is 0 Å². The Balaban J connectivity index is 2.04. The standard InChI is InChI=1S/C10H18N4O2/c11-5-4-9-12-13-10(16-9)14(6-7-15)8-2-1-3-8/h8,15H,1-7,11H2. The number of nitrogens with two attached hydrogens (primary N) is 1. The first kappa shape index (κ1) is 11.3. The number of rotatable bonds is 6. The highest BCUT2D eigenvalue weighted by Crippen LogP contribution is 2.28. The molecule has 90 valence electrons. The summed E-state index contributed by atoms with van der Waals surface area (Å²) in [5.74, 6) is 0.569. The number of nitrogens with zero attached hydrogens (tertiary/aromatic N) is 3. The molecule has 1 aliphatic rings. The van der Waals surface area contributed by atoms with Crippen molar-refractivity contribution in [2.75, 3.05) is 24.6 Å². The highest BCUT2D eigenvalue weighted by atomic mass is 16.4. The van der Waals surface area contributed by atoms with Crippen LogP contribution in [0.1, 0.15) is 25.2 Å². The first-order chi connectivity index (χ1) is 7.85. The third-order valence-electron chi connectivity index (χ3n) is 2.92. The Kier molecular flexibility index (Phi) is 3.74. The van der Waals surface area contributed by atoms with Crippen molar-refractivity contribution in [2.45, 2.75) is 31.7 Å². The van der Waals surface area contributed by atoms with Gasteiger partial charge in [0.15, 0.2) is 0 Å². The lowest BCUT2D eigenvalue weighted by Gasteiger charge is -2.35. The van der Waals surface area contributed by atoms with Gasteiger partial charge in [-0.3, -0.25) is 0 Å². The van der Waals surface area contributed by atoms with E-state index in [2.05, 4.69) is 10.2 Å². The molecular formula is C10H18N4O2. The predicted octanol–water partition coefficient (Wildman–Crippen LogP) is -0.0780. The summed E-state index contributed by atoms with van der Waals surface area (Å²) in [6.45, 7) is 1.16. The Morgan fingerprint density at radius 3 is 2.81 bits per heavy atom. The summed E-state index contributed by atoms with van der Waals surface area (Å²) in [7, 11) is 0. The largest absolute Gasteiger partial charge is 0.408 e. The number of aromatic nitrogens is 2. The van der Waals surface area contributed by atoms with E-state index >= 15 is 0 Å². The topological polar surface area (TPSA) is 88.4 Å². The van der Waals surface area contributed by atoms with Crippen LogP contribution in [0.15, 0.2) is 4.42 Å². The quantitative estimate of drug-likeness (QED) is 0.705. The lowest BCUT2D eigenvalue weighted by molar-refractivity contribution is 0.275. The summed E-state index contributed by atoms with van der Waals surface area (Å²) >= 11 is 0. The van der Waals surface area contributed by atoms with Crippen LogP contribution < -0.4 is 10.6 Å². The first-order valence-corrected chi connectivity index (χ1v) is 5.75. The van der Waals surface area contributed by atoms with E-state index in [1.165, 1.54) is 6.42 Å². The summed E-state index contributed by atoms with van der Waals surface area (Å²) in [5.41, 5.74) is 5.42. The van der Waals surface area contributed by atoms with Gasteiger partial charge in [0, 0.05) is 25.6 Å². The van der Waals surface area contributed by atoms with Crippen LogP contribution in [0.4, 0.5) is 6.01 Å². The maximum absolute atomic E-state index is 9.03. The molecule has 1 saturated carbocycles. The molecule has 1 heterocycles.